The largest absolute Gasteiger partial charge is 0.573 e. The van der Waals surface area contributed by atoms with Gasteiger partial charge in [0.05, 0.1) is 6.10 Å². The number of ether oxygens (including phenoxy) is 1. The number of benzene rings is 1. The molecule has 1 aromatic heterocycles. The Morgan fingerprint density at radius 1 is 1.38 bits per heavy atom. The summed E-state index contributed by atoms with van der Waals surface area (Å²) in [6, 6.07) is 5.37. The molecule has 0 aliphatic rings. The van der Waals surface area contributed by atoms with Gasteiger partial charge in [0.15, 0.2) is 0 Å². The molecule has 0 fully saturated rings. The van der Waals surface area contributed by atoms with Crippen molar-refractivity contribution in [1.29, 1.82) is 0 Å². The number of nitrogens with zero attached hydrogens (tertiary/aromatic N) is 2. The molecule has 0 spiro atoms. The summed E-state index contributed by atoms with van der Waals surface area (Å²) in [5.41, 5.74) is 0.381. The molecular weight excluding hydrogens is 285 g/mol. The second-order valence-corrected chi connectivity index (χ2v) is 4.63. The Hall–Kier alpha value is -2.02. The van der Waals surface area contributed by atoms with E-state index < -0.39 is 12.5 Å². The van der Waals surface area contributed by atoms with Crippen LogP contribution >= 0.6 is 0 Å². The monoisotopic (exact) mass is 300 g/mol. The molecule has 0 amide bonds. The molecule has 0 bridgehead atoms. The summed E-state index contributed by atoms with van der Waals surface area (Å²) in [5.74, 6) is 0.466. The minimum atomic E-state index is -4.74. The minimum absolute atomic E-state index is 0.337. The van der Waals surface area contributed by atoms with Crippen LogP contribution in [0.4, 0.5) is 13.2 Å². The lowest BCUT2D eigenvalue weighted by atomic mass is 10.0. The Bertz CT molecular complexity index is 596. The van der Waals surface area contributed by atoms with Gasteiger partial charge in [0.1, 0.15) is 11.6 Å². The van der Waals surface area contributed by atoms with Crippen LogP contribution in [0.3, 0.4) is 0 Å². The van der Waals surface area contributed by atoms with Crippen LogP contribution in [-0.4, -0.2) is 21.0 Å². The molecule has 1 atom stereocenters. The summed E-state index contributed by atoms with van der Waals surface area (Å²) in [6.45, 7) is 0. The molecule has 2 aromatic rings. The molecule has 1 N–H and O–H groups in total. The molecule has 4 nitrogen and oxygen atoms in total. The van der Waals surface area contributed by atoms with Gasteiger partial charge in [0, 0.05) is 25.9 Å². The van der Waals surface area contributed by atoms with E-state index in [0.29, 0.717) is 18.4 Å². The lowest BCUT2D eigenvalue weighted by Crippen LogP contribution is -2.17. The van der Waals surface area contributed by atoms with Crippen molar-refractivity contribution < 1.29 is 23.0 Å². The van der Waals surface area contributed by atoms with E-state index in [0.717, 1.165) is 5.82 Å². The van der Waals surface area contributed by atoms with Gasteiger partial charge in [0.25, 0.3) is 0 Å². The van der Waals surface area contributed by atoms with Crippen LogP contribution in [0.2, 0.25) is 0 Å². The topological polar surface area (TPSA) is 47.3 Å². The molecule has 21 heavy (non-hydrogen) atoms. The van der Waals surface area contributed by atoms with E-state index in [2.05, 4.69) is 9.72 Å². The van der Waals surface area contributed by atoms with E-state index in [-0.39, 0.29) is 5.75 Å². The number of aromatic nitrogens is 2. The zero-order valence-corrected chi connectivity index (χ0v) is 11.3. The van der Waals surface area contributed by atoms with E-state index >= 15 is 0 Å². The van der Waals surface area contributed by atoms with Gasteiger partial charge in [-0.15, -0.1) is 13.2 Å². The van der Waals surface area contributed by atoms with Gasteiger partial charge in [0.2, 0.25) is 0 Å². The van der Waals surface area contributed by atoms with Crippen LogP contribution in [-0.2, 0) is 13.5 Å². The molecule has 0 radical (unpaired) electrons. The molecule has 0 aliphatic heterocycles. The Morgan fingerprint density at radius 3 is 2.76 bits per heavy atom. The molecule has 0 saturated carbocycles. The number of aliphatic hydroxyl groups is 1. The van der Waals surface area contributed by atoms with Gasteiger partial charge in [-0.3, -0.25) is 0 Å². The second-order valence-electron chi connectivity index (χ2n) is 4.63. The van der Waals surface area contributed by atoms with E-state index in [1.807, 2.05) is 11.6 Å². The number of aryl methyl sites for hydroxylation is 2. The molecule has 114 valence electrons. The van der Waals surface area contributed by atoms with E-state index in [9.17, 15) is 18.3 Å². The van der Waals surface area contributed by atoms with Crippen molar-refractivity contribution in [2.24, 2.45) is 7.05 Å². The Labute approximate surface area is 119 Å². The predicted octanol–water partition coefficient (Wildman–Crippen LogP) is 2.98. The third kappa shape index (κ3) is 4.49. The first kappa shape index (κ1) is 15.4. The van der Waals surface area contributed by atoms with Crippen molar-refractivity contribution in [1.82, 2.24) is 9.55 Å². The normalized spacial score (nSPS) is 13.2. The maximum atomic E-state index is 12.2. The summed E-state index contributed by atoms with van der Waals surface area (Å²) in [4.78, 5) is 4.13. The number of hydrogen-bond acceptors (Lipinski definition) is 3. The fourth-order valence-electron chi connectivity index (χ4n) is 1.99. The van der Waals surface area contributed by atoms with Gasteiger partial charge < -0.3 is 14.4 Å². The fourth-order valence-corrected chi connectivity index (χ4v) is 1.99. The maximum absolute atomic E-state index is 12.2. The number of imidazole rings is 1. The highest BCUT2D eigenvalue weighted by atomic mass is 19.4. The first-order valence-corrected chi connectivity index (χ1v) is 6.35. The van der Waals surface area contributed by atoms with Crippen LogP contribution in [0, 0.1) is 0 Å². The van der Waals surface area contributed by atoms with Crippen LogP contribution in [0.1, 0.15) is 23.9 Å². The van der Waals surface area contributed by atoms with Gasteiger partial charge in [-0.2, -0.15) is 0 Å². The van der Waals surface area contributed by atoms with E-state index in [1.165, 1.54) is 18.2 Å². The highest BCUT2D eigenvalue weighted by Gasteiger charge is 2.31. The van der Waals surface area contributed by atoms with E-state index in [4.69, 9.17) is 0 Å². The molecular formula is C14H15F3N2O2. The Morgan fingerprint density at radius 2 is 2.14 bits per heavy atom. The average Bonchev–Trinajstić information content (AvgIpc) is 2.80. The number of halogens is 3. The summed E-state index contributed by atoms with van der Waals surface area (Å²) in [7, 11) is 1.84. The molecule has 1 unspecified atom stereocenters. The lowest BCUT2D eigenvalue weighted by Gasteiger charge is -2.13. The molecule has 7 heteroatoms. The van der Waals surface area contributed by atoms with E-state index in [1.54, 1.807) is 18.5 Å². The highest BCUT2D eigenvalue weighted by Crippen LogP contribution is 2.27. The SMILES string of the molecule is Cn1ccnc1CCC(O)c1cccc(OC(F)(F)F)c1. The first-order chi connectivity index (χ1) is 9.85. The van der Waals surface area contributed by atoms with Crippen molar-refractivity contribution in [3.05, 3.63) is 48.0 Å². The number of rotatable bonds is 5. The molecule has 2 rings (SSSR count). The van der Waals surface area contributed by atoms with Crippen molar-refractivity contribution in [2.75, 3.05) is 0 Å². The van der Waals surface area contributed by atoms with Crippen LogP contribution < -0.4 is 4.74 Å². The number of hydrogen-bond donors (Lipinski definition) is 1. The summed E-state index contributed by atoms with van der Waals surface area (Å²) in [6.07, 6.45) is -1.29. The van der Waals surface area contributed by atoms with Crippen LogP contribution in [0.25, 0.3) is 0 Å². The zero-order chi connectivity index (χ0) is 15.5. The number of aliphatic hydroxyl groups excluding tert-OH is 1. The van der Waals surface area contributed by atoms with Crippen LogP contribution in [0.5, 0.6) is 5.75 Å². The third-order valence-corrected chi connectivity index (χ3v) is 3.04. The Kier molecular flexibility index (Phi) is 4.52. The average molecular weight is 300 g/mol. The second kappa shape index (κ2) is 6.17. The van der Waals surface area contributed by atoms with Gasteiger partial charge in [-0.1, -0.05) is 12.1 Å². The first-order valence-electron chi connectivity index (χ1n) is 6.35. The zero-order valence-electron chi connectivity index (χ0n) is 11.3. The van der Waals surface area contributed by atoms with Gasteiger partial charge in [-0.05, 0) is 24.1 Å². The smallest absolute Gasteiger partial charge is 0.406 e. The summed E-state index contributed by atoms with van der Waals surface area (Å²) >= 11 is 0. The molecule has 0 aliphatic carbocycles. The lowest BCUT2D eigenvalue weighted by molar-refractivity contribution is -0.274. The number of alkyl halides is 3. The molecule has 0 saturated heterocycles. The predicted molar refractivity (Wildman–Crippen MR) is 69.6 cm³/mol. The summed E-state index contributed by atoms with van der Waals surface area (Å²) in [5, 5.41) is 10.1. The maximum Gasteiger partial charge on any atom is 0.573 e. The van der Waals surface area contributed by atoms with Crippen molar-refractivity contribution in [3.63, 3.8) is 0 Å². The van der Waals surface area contributed by atoms with Gasteiger partial charge >= 0.3 is 6.36 Å². The Balaban J connectivity index is 2.00. The standard InChI is InChI=1S/C14H15F3N2O2/c1-19-8-7-18-13(19)6-5-12(20)10-3-2-4-11(9-10)21-14(15,16)17/h2-4,7-9,12,20H,5-6H2,1H3. The highest BCUT2D eigenvalue weighted by molar-refractivity contribution is 5.30. The summed E-state index contributed by atoms with van der Waals surface area (Å²) < 4.78 is 42.1. The van der Waals surface area contributed by atoms with Crippen molar-refractivity contribution >= 4 is 0 Å². The third-order valence-electron chi connectivity index (χ3n) is 3.04. The molecule has 1 heterocycles. The fraction of sp³-hybridized carbons (Fsp3) is 0.357. The van der Waals surface area contributed by atoms with Crippen LogP contribution in [0.15, 0.2) is 36.7 Å². The van der Waals surface area contributed by atoms with Crippen molar-refractivity contribution in [3.8, 4) is 5.75 Å². The minimum Gasteiger partial charge on any atom is -0.406 e. The quantitative estimate of drug-likeness (QED) is 0.923. The van der Waals surface area contributed by atoms with Gasteiger partial charge in [-0.25, -0.2) is 4.98 Å². The van der Waals surface area contributed by atoms with Crippen molar-refractivity contribution in [2.45, 2.75) is 25.3 Å². The molecule has 1 aromatic carbocycles.